The molecule has 4 nitrogen and oxygen atoms in total. The first-order valence-corrected chi connectivity index (χ1v) is 7.23. The van der Waals surface area contributed by atoms with Crippen molar-refractivity contribution in [1.82, 2.24) is 9.78 Å². The van der Waals surface area contributed by atoms with Crippen molar-refractivity contribution < 1.29 is 9.53 Å². The van der Waals surface area contributed by atoms with Crippen molar-refractivity contribution in [2.75, 3.05) is 0 Å². The van der Waals surface area contributed by atoms with Gasteiger partial charge >= 0.3 is 5.97 Å². The molecule has 0 bridgehead atoms. The lowest BCUT2D eigenvalue weighted by molar-refractivity contribution is -0.134. The minimum absolute atomic E-state index is 0.274. The largest absolute Gasteiger partial charge is 0.426 e. The lowest BCUT2D eigenvalue weighted by atomic mass is 10.1. The number of hydrogen-bond donors (Lipinski definition) is 0. The summed E-state index contributed by atoms with van der Waals surface area (Å²) in [5, 5.41) is 5.03. The van der Waals surface area contributed by atoms with Crippen molar-refractivity contribution in [3.8, 4) is 5.75 Å². The van der Waals surface area contributed by atoms with Crippen molar-refractivity contribution in [3.05, 3.63) is 45.7 Å². The SMILES string of the molecule is Cc1cc(C)n(CCC(=O)Oc2cc(C)c(Cl)c(C)c2)n1. The summed E-state index contributed by atoms with van der Waals surface area (Å²) in [5.74, 6) is 0.261. The molecule has 0 saturated carbocycles. The fraction of sp³-hybridized carbons (Fsp3) is 0.375. The van der Waals surface area contributed by atoms with Crippen molar-refractivity contribution in [1.29, 1.82) is 0 Å². The molecule has 2 aromatic rings. The lowest BCUT2D eigenvalue weighted by Gasteiger charge is -2.09. The maximum atomic E-state index is 11.9. The topological polar surface area (TPSA) is 44.1 Å². The van der Waals surface area contributed by atoms with Crippen LogP contribution in [0.1, 0.15) is 28.9 Å². The van der Waals surface area contributed by atoms with E-state index in [4.69, 9.17) is 16.3 Å². The number of ether oxygens (including phenoxy) is 1. The summed E-state index contributed by atoms with van der Waals surface area (Å²) < 4.78 is 7.18. The van der Waals surface area contributed by atoms with Crippen LogP contribution in [0.25, 0.3) is 0 Å². The molecule has 0 atom stereocenters. The van der Waals surface area contributed by atoms with Gasteiger partial charge in [0.15, 0.2) is 0 Å². The summed E-state index contributed by atoms with van der Waals surface area (Å²) >= 11 is 6.10. The second-order valence-corrected chi connectivity index (χ2v) is 5.62. The number of carbonyl (C=O) groups excluding carboxylic acids is 1. The summed E-state index contributed by atoms with van der Waals surface area (Å²) in [4.78, 5) is 11.9. The van der Waals surface area contributed by atoms with Gasteiger partial charge in [-0.3, -0.25) is 9.48 Å². The van der Waals surface area contributed by atoms with Gasteiger partial charge in [0, 0.05) is 10.7 Å². The van der Waals surface area contributed by atoms with Gasteiger partial charge < -0.3 is 4.74 Å². The van der Waals surface area contributed by atoms with Gasteiger partial charge in [0.2, 0.25) is 0 Å². The second kappa shape index (κ2) is 6.31. The average Bonchev–Trinajstić information content (AvgIpc) is 2.72. The van der Waals surface area contributed by atoms with Crippen LogP contribution < -0.4 is 4.74 Å². The van der Waals surface area contributed by atoms with Crippen molar-refractivity contribution in [2.24, 2.45) is 0 Å². The highest BCUT2D eigenvalue weighted by Gasteiger charge is 2.10. The molecule has 0 fully saturated rings. The van der Waals surface area contributed by atoms with Crippen LogP contribution in [0.2, 0.25) is 5.02 Å². The second-order valence-electron chi connectivity index (χ2n) is 5.25. The van der Waals surface area contributed by atoms with Gasteiger partial charge in [-0.2, -0.15) is 5.10 Å². The van der Waals surface area contributed by atoms with E-state index in [1.165, 1.54) is 0 Å². The molecule has 0 N–H and O–H groups in total. The molecule has 112 valence electrons. The Morgan fingerprint density at radius 2 is 1.81 bits per heavy atom. The zero-order valence-electron chi connectivity index (χ0n) is 12.7. The molecule has 0 radical (unpaired) electrons. The maximum Gasteiger partial charge on any atom is 0.313 e. The highest BCUT2D eigenvalue weighted by atomic mass is 35.5. The van der Waals surface area contributed by atoms with Gasteiger partial charge in [-0.15, -0.1) is 0 Å². The van der Waals surface area contributed by atoms with E-state index in [9.17, 15) is 4.79 Å². The number of halogens is 1. The van der Waals surface area contributed by atoms with Gasteiger partial charge in [0.05, 0.1) is 18.7 Å². The molecular formula is C16H19ClN2O2. The van der Waals surface area contributed by atoms with Crippen LogP contribution in [0.4, 0.5) is 0 Å². The average molecular weight is 307 g/mol. The Labute approximate surface area is 129 Å². The van der Waals surface area contributed by atoms with Gasteiger partial charge in [0.1, 0.15) is 5.75 Å². The Hall–Kier alpha value is -1.81. The van der Waals surface area contributed by atoms with E-state index in [2.05, 4.69) is 5.10 Å². The normalized spacial score (nSPS) is 10.7. The van der Waals surface area contributed by atoms with Crippen molar-refractivity contribution >= 4 is 17.6 Å². The first-order chi connectivity index (χ1) is 9.86. The molecule has 1 aromatic carbocycles. The number of nitrogens with zero attached hydrogens (tertiary/aromatic N) is 2. The van der Waals surface area contributed by atoms with Crippen LogP contribution >= 0.6 is 11.6 Å². The van der Waals surface area contributed by atoms with E-state index >= 15 is 0 Å². The fourth-order valence-electron chi connectivity index (χ4n) is 2.25. The van der Waals surface area contributed by atoms with Crippen molar-refractivity contribution in [3.63, 3.8) is 0 Å². The Kier molecular flexibility index (Phi) is 4.68. The molecule has 5 heteroatoms. The molecule has 21 heavy (non-hydrogen) atoms. The number of hydrogen-bond acceptors (Lipinski definition) is 3. The first-order valence-electron chi connectivity index (χ1n) is 6.85. The number of rotatable bonds is 4. The van der Waals surface area contributed by atoms with E-state index < -0.39 is 0 Å². The minimum Gasteiger partial charge on any atom is -0.426 e. The van der Waals surface area contributed by atoms with E-state index in [0.717, 1.165) is 22.5 Å². The van der Waals surface area contributed by atoms with Crippen LogP contribution in [0.5, 0.6) is 5.75 Å². The van der Waals surface area contributed by atoms with E-state index in [0.29, 0.717) is 17.3 Å². The zero-order valence-corrected chi connectivity index (χ0v) is 13.5. The summed E-state index contributed by atoms with van der Waals surface area (Å²) in [7, 11) is 0. The Morgan fingerprint density at radius 1 is 1.19 bits per heavy atom. The predicted octanol–water partition coefficient (Wildman–Crippen LogP) is 3.77. The van der Waals surface area contributed by atoms with Gasteiger partial charge in [-0.25, -0.2) is 0 Å². The van der Waals surface area contributed by atoms with E-state index in [-0.39, 0.29) is 12.4 Å². The predicted molar refractivity (Wildman–Crippen MR) is 82.9 cm³/mol. The molecule has 0 aliphatic rings. The lowest BCUT2D eigenvalue weighted by Crippen LogP contribution is -2.13. The standard InChI is InChI=1S/C16H19ClN2O2/c1-10-7-14(8-11(2)16(10)17)21-15(20)5-6-19-13(4)9-12(3)18-19/h7-9H,5-6H2,1-4H3. The van der Waals surface area contributed by atoms with Crippen LogP contribution in [-0.4, -0.2) is 15.7 Å². The summed E-state index contributed by atoms with van der Waals surface area (Å²) in [6, 6.07) is 5.53. The van der Waals surface area contributed by atoms with E-state index in [1.807, 2.05) is 38.4 Å². The maximum absolute atomic E-state index is 11.9. The Bertz CT molecular complexity index is 654. The fourth-order valence-corrected chi connectivity index (χ4v) is 2.36. The Morgan fingerprint density at radius 3 is 2.33 bits per heavy atom. The summed E-state index contributed by atoms with van der Waals surface area (Å²) in [6.07, 6.45) is 0.280. The molecule has 2 rings (SSSR count). The van der Waals surface area contributed by atoms with Gasteiger partial charge in [0.25, 0.3) is 0 Å². The highest BCUT2D eigenvalue weighted by molar-refractivity contribution is 6.32. The van der Waals surface area contributed by atoms with Crippen LogP contribution in [-0.2, 0) is 11.3 Å². The third kappa shape index (κ3) is 3.85. The van der Waals surface area contributed by atoms with E-state index in [1.54, 1.807) is 12.1 Å². The number of carbonyl (C=O) groups is 1. The van der Waals surface area contributed by atoms with Crippen LogP contribution in [0.15, 0.2) is 18.2 Å². The monoisotopic (exact) mass is 306 g/mol. The molecular weight excluding hydrogens is 288 g/mol. The minimum atomic E-state index is -0.274. The molecule has 1 heterocycles. The molecule has 0 unspecified atom stereocenters. The molecule has 0 aliphatic heterocycles. The number of aryl methyl sites for hydroxylation is 5. The highest BCUT2D eigenvalue weighted by Crippen LogP contribution is 2.26. The molecule has 0 spiro atoms. The molecule has 0 amide bonds. The number of esters is 1. The van der Waals surface area contributed by atoms with Crippen LogP contribution in [0, 0.1) is 27.7 Å². The third-order valence-electron chi connectivity index (χ3n) is 3.27. The zero-order chi connectivity index (χ0) is 15.6. The number of benzene rings is 1. The molecule has 0 aliphatic carbocycles. The van der Waals surface area contributed by atoms with Gasteiger partial charge in [-0.05, 0) is 57.0 Å². The molecule has 1 aromatic heterocycles. The van der Waals surface area contributed by atoms with Crippen molar-refractivity contribution in [2.45, 2.75) is 40.7 Å². The first kappa shape index (κ1) is 15.6. The van der Waals surface area contributed by atoms with Gasteiger partial charge in [-0.1, -0.05) is 11.6 Å². The smallest absolute Gasteiger partial charge is 0.313 e. The third-order valence-corrected chi connectivity index (χ3v) is 3.87. The molecule has 0 saturated heterocycles. The number of aromatic nitrogens is 2. The van der Waals surface area contributed by atoms with Crippen LogP contribution in [0.3, 0.4) is 0 Å². The summed E-state index contributed by atoms with van der Waals surface area (Å²) in [5.41, 5.74) is 3.79. The summed E-state index contributed by atoms with van der Waals surface area (Å²) in [6.45, 7) is 8.20. The Balaban J connectivity index is 1.97. The quantitative estimate of drug-likeness (QED) is 0.638.